The topological polar surface area (TPSA) is 45.9 Å². The zero-order valence-corrected chi connectivity index (χ0v) is 10.4. The highest BCUT2D eigenvalue weighted by Crippen LogP contribution is 2.27. The van der Waals surface area contributed by atoms with Crippen LogP contribution >= 0.6 is 0 Å². The van der Waals surface area contributed by atoms with Crippen LogP contribution in [0.3, 0.4) is 0 Å². The van der Waals surface area contributed by atoms with Gasteiger partial charge in [0.15, 0.2) is 11.6 Å². The third-order valence-corrected chi connectivity index (χ3v) is 2.87. The summed E-state index contributed by atoms with van der Waals surface area (Å²) in [5.74, 6) is 0.0178. The number of rotatable bonds is 2. The van der Waals surface area contributed by atoms with Crippen molar-refractivity contribution in [3.63, 3.8) is 0 Å². The minimum absolute atomic E-state index is 0.0827. The van der Waals surface area contributed by atoms with Crippen molar-refractivity contribution in [1.82, 2.24) is 4.98 Å². The summed E-state index contributed by atoms with van der Waals surface area (Å²) in [6.45, 7) is 0. The molecule has 0 atom stereocenters. The normalized spacial score (nSPS) is 10.2. The first-order valence-electron chi connectivity index (χ1n) is 5.98. The molecule has 0 bridgehead atoms. The highest BCUT2D eigenvalue weighted by Gasteiger charge is 2.06. The molecule has 0 aliphatic carbocycles. The maximum absolute atomic E-state index is 13.7. The summed E-state index contributed by atoms with van der Waals surface area (Å²) in [5.41, 5.74) is 1.04. The van der Waals surface area contributed by atoms with Gasteiger partial charge in [0.25, 0.3) is 0 Å². The van der Waals surface area contributed by atoms with Crippen molar-refractivity contribution in [2.75, 3.05) is 0 Å². The van der Waals surface area contributed by atoms with Gasteiger partial charge in [-0.3, -0.25) is 4.98 Å². The van der Waals surface area contributed by atoms with Crippen LogP contribution in [0.1, 0.15) is 5.56 Å². The predicted octanol–water partition coefficient (Wildman–Crippen LogP) is 4.04. The van der Waals surface area contributed by atoms with Crippen molar-refractivity contribution in [1.29, 1.82) is 5.26 Å². The number of halogens is 1. The molecule has 0 spiro atoms. The molecule has 1 aromatic heterocycles. The summed E-state index contributed by atoms with van der Waals surface area (Å²) in [4.78, 5) is 4.22. The Hall–Kier alpha value is -2.93. The Kier molecular flexibility index (Phi) is 3.02. The molecule has 0 fully saturated rings. The number of hydrogen-bond acceptors (Lipinski definition) is 3. The zero-order valence-electron chi connectivity index (χ0n) is 10.4. The van der Waals surface area contributed by atoms with E-state index in [-0.39, 0.29) is 11.3 Å². The van der Waals surface area contributed by atoms with Crippen molar-refractivity contribution < 1.29 is 9.13 Å². The van der Waals surface area contributed by atoms with Crippen molar-refractivity contribution in [2.24, 2.45) is 0 Å². The number of ether oxygens (including phenoxy) is 1. The SMILES string of the molecule is N#Cc1ccc(Oc2ccc3cccnc3c2)c(F)c1. The molecule has 0 saturated heterocycles. The standard InChI is InChI=1S/C16H9FN2O/c17-14-8-11(10-18)3-6-16(14)20-13-5-4-12-2-1-7-19-15(12)9-13/h1-9H. The second-order valence-corrected chi connectivity index (χ2v) is 4.22. The van der Waals surface area contributed by atoms with Gasteiger partial charge in [0.05, 0.1) is 17.1 Å². The fourth-order valence-electron chi connectivity index (χ4n) is 1.89. The Morgan fingerprint density at radius 1 is 1.10 bits per heavy atom. The van der Waals surface area contributed by atoms with E-state index in [4.69, 9.17) is 10.00 Å². The fraction of sp³-hybridized carbons (Fsp3) is 0. The number of pyridine rings is 1. The van der Waals surface area contributed by atoms with E-state index in [2.05, 4.69) is 4.98 Å². The monoisotopic (exact) mass is 264 g/mol. The van der Waals surface area contributed by atoms with E-state index in [1.54, 1.807) is 18.3 Å². The summed E-state index contributed by atoms with van der Waals surface area (Å²) >= 11 is 0. The molecule has 0 aliphatic heterocycles. The Balaban J connectivity index is 1.95. The Labute approximate surface area is 114 Å². The highest BCUT2D eigenvalue weighted by atomic mass is 19.1. The lowest BCUT2D eigenvalue weighted by molar-refractivity contribution is 0.442. The first kappa shape index (κ1) is 12.1. The van der Waals surface area contributed by atoms with Crippen LogP contribution in [0.25, 0.3) is 10.9 Å². The second-order valence-electron chi connectivity index (χ2n) is 4.22. The molecule has 0 unspecified atom stereocenters. The maximum Gasteiger partial charge on any atom is 0.167 e. The molecule has 0 amide bonds. The minimum Gasteiger partial charge on any atom is -0.454 e. The first-order valence-corrected chi connectivity index (χ1v) is 5.98. The number of benzene rings is 2. The van der Waals surface area contributed by atoms with Crippen LogP contribution in [0.2, 0.25) is 0 Å². The first-order chi connectivity index (χ1) is 9.76. The van der Waals surface area contributed by atoms with Gasteiger partial charge in [0.1, 0.15) is 5.75 Å². The lowest BCUT2D eigenvalue weighted by Gasteiger charge is -2.07. The molecule has 3 aromatic rings. The van der Waals surface area contributed by atoms with Crippen molar-refractivity contribution in [3.05, 3.63) is 66.1 Å². The molecule has 3 rings (SSSR count). The lowest BCUT2D eigenvalue weighted by atomic mass is 10.2. The van der Waals surface area contributed by atoms with Crippen LogP contribution < -0.4 is 4.74 Å². The number of aromatic nitrogens is 1. The largest absolute Gasteiger partial charge is 0.454 e. The van der Waals surface area contributed by atoms with Gasteiger partial charge in [-0.2, -0.15) is 5.26 Å². The minimum atomic E-state index is -0.565. The molecule has 20 heavy (non-hydrogen) atoms. The summed E-state index contributed by atoms with van der Waals surface area (Å²) in [6.07, 6.45) is 1.69. The predicted molar refractivity (Wildman–Crippen MR) is 72.9 cm³/mol. The number of fused-ring (bicyclic) bond motifs is 1. The highest BCUT2D eigenvalue weighted by molar-refractivity contribution is 5.79. The Bertz CT molecular complexity index is 824. The Morgan fingerprint density at radius 3 is 2.80 bits per heavy atom. The molecule has 1 heterocycles. The van der Waals surface area contributed by atoms with Crippen molar-refractivity contribution in [3.8, 4) is 17.6 Å². The van der Waals surface area contributed by atoms with Crippen LogP contribution in [0.4, 0.5) is 4.39 Å². The molecule has 4 heteroatoms. The summed E-state index contributed by atoms with van der Waals surface area (Å²) in [7, 11) is 0. The van der Waals surface area contributed by atoms with E-state index >= 15 is 0 Å². The van der Waals surface area contributed by atoms with Crippen LogP contribution in [0, 0.1) is 17.1 Å². The van der Waals surface area contributed by atoms with Gasteiger partial charge < -0.3 is 4.74 Å². The van der Waals surface area contributed by atoms with E-state index in [0.29, 0.717) is 5.75 Å². The van der Waals surface area contributed by atoms with E-state index < -0.39 is 5.82 Å². The fourth-order valence-corrected chi connectivity index (χ4v) is 1.89. The van der Waals surface area contributed by atoms with Gasteiger partial charge in [0, 0.05) is 17.6 Å². The van der Waals surface area contributed by atoms with Gasteiger partial charge in [-0.25, -0.2) is 4.39 Å². The van der Waals surface area contributed by atoms with Gasteiger partial charge in [-0.1, -0.05) is 6.07 Å². The quantitative estimate of drug-likeness (QED) is 0.701. The van der Waals surface area contributed by atoms with Gasteiger partial charge in [0.2, 0.25) is 0 Å². The average Bonchev–Trinajstić information content (AvgIpc) is 2.49. The molecule has 0 aliphatic rings. The third kappa shape index (κ3) is 2.29. The molecular weight excluding hydrogens is 255 g/mol. The van der Waals surface area contributed by atoms with Crippen LogP contribution in [-0.4, -0.2) is 4.98 Å². The van der Waals surface area contributed by atoms with Crippen LogP contribution in [0.5, 0.6) is 11.5 Å². The van der Waals surface area contributed by atoms with Crippen molar-refractivity contribution in [2.45, 2.75) is 0 Å². The molecule has 3 nitrogen and oxygen atoms in total. The van der Waals surface area contributed by atoms with E-state index in [9.17, 15) is 4.39 Å². The number of nitriles is 1. The van der Waals surface area contributed by atoms with E-state index in [1.807, 2.05) is 24.3 Å². The van der Waals surface area contributed by atoms with Gasteiger partial charge in [-0.15, -0.1) is 0 Å². The smallest absolute Gasteiger partial charge is 0.167 e. The Morgan fingerprint density at radius 2 is 2.00 bits per heavy atom. The molecular formula is C16H9FN2O. The average molecular weight is 264 g/mol. The van der Waals surface area contributed by atoms with E-state index in [1.165, 1.54) is 12.1 Å². The molecule has 96 valence electrons. The number of nitrogens with zero attached hydrogens (tertiary/aromatic N) is 2. The summed E-state index contributed by atoms with van der Waals surface area (Å²) in [5, 5.41) is 9.68. The van der Waals surface area contributed by atoms with Gasteiger partial charge >= 0.3 is 0 Å². The summed E-state index contributed by atoms with van der Waals surface area (Å²) < 4.78 is 19.2. The van der Waals surface area contributed by atoms with E-state index in [0.717, 1.165) is 17.0 Å². The van der Waals surface area contributed by atoms with Gasteiger partial charge in [-0.05, 0) is 36.4 Å². The lowest BCUT2D eigenvalue weighted by Crippen LogP contribution is -1.90. The maximum atomic E-state index is 13.7. The summed E-state index contributed by atoms with van der Waals surface area (Å²) in [6, 6.07) is 15.1. The molecule has 2 aromatic carbocycles. The van der Waals surface area contributed by atoms with Crippen molar-refractivity contribution >= 4 is 10.9 Å². The van der Waals surface area contributed by atoms with Crippen LogP contribution in [-0.2, 0) is 0 Å². The number of hydrogen-bond donors (Lipinski definition) is 0. The third-order valence-electron chi connectivity index (χ3n) is 2.87. The molecule has 0 radical (unpaired) electrons. The second kappa shape index (κ2) is 4.98. The molecule has 0 saturated carbocycles. The van der Waals surface area contributed by atoms with Crippen LogP contribution in [0.15, 0.2) is 54.7 Å². The zero-order chi connectivity index (χ0) is 13.9. The molecule has 0 N–H and O–H groups in total.